The van der Waals surface area contributed by atoms with Crippen LogP contribution in [0.15, 0.2) is 12.2 Å². The SMILES string of the molecule is C=C(C)CCNC(C)C1CCCC1. The molecule has 0 aromatic carbocycles. The highest BCUT2D eigenvalue weighted by atomic mass is 14.9. The topological polar surface area (TPSA) is 12.0 Å². The van der Waals surface area contributed by atoms with Gasteiger partial charge in [-0.15, -0.1) is 6.58 Å². The molecule has 1 aliphatic rings. The number of hydrogen-bond donors (Lipinski definition) is 1. The first-order chi connectivity index (χ1) is 6.20. The van der Waals surface area contributed by atoms with E-state index in [1.165, 1.54) is 31.3 Å². The fraction of sp³-hybridized carbons (Fsp3) is 0.833. The highest BCUT2D eigenvalue weighted by molar-refractivity contribution is 4.89. The third kappa shape index (κ3) is 3.95. The van der Waals surface area contributed by atoms with Crippen LogP contribution in [0.1, 0.15) is 46.0 Å². The predicted molar refractivity (Wildman–Crippen MR) is 58.9 cm³/mol. The van der Waals surface area contributed by atoms with E-state index < -0.39 is 0 Å². The molecule has 1 unspecified atom stereocenters. The van der Waals surface area contributed by atoms with Crippen molar-refractivity contribution in [2.24, 2.45) is 5.92 Å². The van der Waals surface area contributed by atoms with Gasteiger partial charge in [0.1, 0.15) is 0 Å². The van der Waals surface area contributed by atoms with Gasteiger partial charge in [0.2, 0.25) is 0 Å². The standard InChI is InChI=1S/C12H23N/c1-10(2)8-9-13-11(3)12-6-4-5-7-12/h11-13H,1,4-9H2,2-3H3. The zero-order valence-corrected chi connectivity index (χ0v) is 9.10. The molecule has 0 amide bonds. The summed E-state index contributed by atoms with van der Waals surface area (Å²) in [6.45, 7) is 9.44. The third-order valence-corrected chi connectivity index (χ3v) is 3.13. The normalized spacial score (nSPS) is 20.5. The van der Waals surface area contributed by atoms with Crippen LogP contribution < -0.4 is 5.32 Å². The largest absolute Gasteiger partial charge is 0.314 e. The molecule has 1 heteroatoms. The van der Waals surface area contributed by atoms with Gasteiger partial charge in [0.15, 0.2) is 0 Å². The average molecular weight is 181 g/mol. The summed E-state index contributed by atoms with van der Waals surface area (Å²) >= 11 is 0. The average Bonchev–Trinajstić information content (AvgIpc) is 2.55. The van der Waals surface area contributed by atoms with Gasteiger partial charge in [0.25, 0.3) is 0 Å². The maximum atomic E-state index is 3.91. The van der Waals surface area contributed by atoms with Crippen molar-refractivity contribution in [1.82, 2.24) is 5.32 Å². The van der Waals surface area contributed by atoms with Crippen LogP contribution in [0.4, 0.5) is 0 Å². The third-order valence-electron chi connectivity index (χ3n) is 3.13. The highest BCUT2D eigenvalue weighted by Gasteiger charge is 2.20. The molecule has 0 aliphatic heterocycles. The van der Waals surface area contributed by atoms with Crippen molar-refractivity contribution in [3.05, 3.63) is 12.2 Å². The Morgan fingerprint density at radius 1 is 1.46 bits per heavy atom. The summed E-state index contributed by atoms with van der Waals surface area (Å²) in [5.41, 5.74) is 1.28. The van der Waals surface area contributed by atoms with Crippen molar-refractivity contribution in [3.63, 3.8) is 0 Å². The van der Waals surface area contributed by atoms with E-state index in [4.69, 9.17) is 0 Å². The minimum absolute atomic E-state index is 0.710. The summed E-state index contributed by atoms with van der Waals surface area (Å²) in [6.07, 6.45) is 6.87. The van der Waals surface area contributed by atoms with Crippen LogP contribution >= 0.6 is 0 Å². The van der Waals surface area contributed by atoms with E-state index in [1.54, 1.807) is 0 Å². The van der Waals surface area contributed by atoms with Crippen LogP contribution in [0.5, 0.6) is 0 Å². The van der Waals surface area contributed by atoms with Crippen molar-refractivity contribution in [2.45, 2.75) is 52.0 Å². The summed E-state index contributed by atoms with van der Waals surface area (Å²) in [4.78, 5) is 0. The van der Waals surface area contributed by atoms with Crippen molar-refractivity contribution in [2.75, 3.05) is 6.54 Å². The second kappa shape index (κ2) is 5.43. The van der Waals surface area contributed by atoms with Crippen molar-refractivity contribution < 1.29 is 0 Å². The molecule has 0 saturated heterocycles. The molecule has 1 rings (SSSR count). The smallest absolute Gasteiger partial charge is 0.00671 e. The number of nitrogens with one attached hydrogen (secondary N) is 1. The van der Waals surface area contributed by atoms with E-state index in [0.29, 0.717) is 6.04 Å². The fourth-order valence-corrected chi connectivity index (χ4v) is 2.14. The summed E-state index contributed by atoms with van der Waals surface area (Å²) in [6, 6.07) is 0.710. The molecule has 1 atom stereocenters. The predicted octanol–water partition coefficient (Wildman–Crippen LogP) is 3.12. The van der Waals surface area contributed by atoms with Crippen LogP contribution in [-0.2, 0) is 0 Å². The fourth-order valence-electron chi connectivity index (χ4n) is 2.14. The number of rotatable bonds is 5. The molecule has 0 aromatic rings. The Hall–Kier alpha value is -0.300. The zero-order valence-electron chi connectivity index (χ0n) is 9.10. The Bertz CT molecular complexity index is 157. The molecule has 0 aromatic heterocycles. The number of hydrogen-bond acceptors (Lipinski definition) is 1. The molecule has 13 heavy (non-hydrogen) atoms. The van der Waals surface area contributed by atoms with Gasteiger partial charge in [0, 0.05) is 6.04 Å². The minimum Gasteiger partial charge on any atom is -0.314 e. The zero-order chi connectivity index (χ0) is 9.68. The Kier molecular flexibility index (Phi) is 4.51. The lowest BCUT2D eigenvalue weighted by Crippen LogP contribution is -2.32. The van der Waals surface area contributed by atoms with E-state index in [2.05, 4.69) is 25.7 Å². The van der Waals surface area contributed by atoms with Crippen LogP contribution in [0.2, 0.25) is 0 Å². The van der Waals surface area contributed by atoms with Crippen molar-refractivity contribution in [3.8, 4) is 0 Å². The van der Waals surface area contributed by atoms with E-state index in [0.717, 1.165) is 18.9 Å². The first-order valence-corrected chi connectivity index (χ1v) is 5.58. The molecule has 0 radical (unpaired) electrons. The monoisotopic (exact) mass is 181 g/mol. The molecule has 1 nitrogen and oxygen atoms in total. The Labute approximate surface area is 82.6 Å². The van der Waals surface area contributed by atoms with Gasteiger partial charge in [0.05, 0.1) is 0 Å². The van der Waals surface area contributed by atoms with Crippen molar-refractivity contribution in [1.29, 1.82) is 0 Å². The van der Waals surface area contributed by atoms with E-state index in [9.17, 15) is 0 Å². The van der Waals surface area contributed by atoms with Gasteiger partial charge in [-0.3, -0.25) is 0 Å². The summed E-state index contributed by atoms with van der Waals surface area (Å²) in [5, 5.41) is 3.60. The molecule has 1 N–H and O–H groups in total. The van der Waals surface area contributed by atoms with E-state index in [1.807, 2.05) is 0 Å². The lowest BCUT2D eigenvalue weighted by molar-refractivity contribution is 0.384. The summed E-state index contributed by atoms with van der Waals surface area (Å²) in [5.74, 6) is 0.935. The van der Waals surface area contributed by atoms with Crippen LogP contribution in [0, 0.1) is 5.92 Å². The van der Waals surface area contributed by atoms with Gasteiger partial charge in [-0.05, 0) is 45.6 Å². The minimum atomic E-state index is 0.710. The molecular weight excluding hydrogens is 158 g/mol. The molecule has 0 spiro atoms. The maximum Gasteiger partial charge on any atom is 0.00671 e. The molecule has 0 heterocycles. The van der Waals surface area contributed by atoms with E-state index in [-0.39, 0.29) is 0 Å². The van der Waals surface area contributed by atoms with Crippen LogP contribution in [0.25, 0.3) is 0 Å². The van der Waals surface area contributed by atoms with Gasteiger partial charge >= 0.3 is 0 Å². The second-order valence-electron chi connectivity index (χ2n) is 4.49. The molecule has 76 valence electrons. The summed E-state index contributed by atoms with van der Waals surface area (Å²) in [7, 11) is 0. The van der Waals surface area contributed by atoms with Gasteiger partial charge in [-0.1, -0.05) is 18.4 Å². The molecule has 0 bridgehead atoms. The highest BCUT2D eigenvalue weighted by Crippen LogP contribution is 2.27. The quantitative estimate of drug-likeness (QED) is 0.643. The van der Waals surface area contributed by atoms with Gasteiger partial charge < -0.3 is 5.32 Å². The molecule has 1 fully saturated rings. The Morgan fingerprint density at radius 3 is 2.62 bits per heavy atom. The van der Waals surface area contributed by atoms with Gasteiger partial charge in [-0.2, -0.15) is 0 Å². The lowest BCUT2D eigenvalue weighted by atomic mass is 10.00. The second-order valence-corrected chi connectivity index (χ2v) is 4.49. The Morgan fingerprint density at radius 2 is 2.08 bits per heavy atom. The first-order valence-electron chi connectivity index (χ1n) is 5.58. The van der Waals surface area contributed by atoms with Crippen LogP contribution in [-0.4, -0.2) is 12.6 Å². The van der Waals surface area contributed by atoms with Crippen LogP contribution in [0.3, 0.4) is 0 Å². The molecule has 1 aliphatic carbocycles. The molecular formula is C12H23N. The maximum absolute atomic E-state index is 3.91. The summed E-state index contributed by atoms with van der Waals surface area (Å²) < 4.78 is 0. The van der Waals surface area contributed by atoms with E-state index >= 15 is 0 Å². The molecule has 1 saturated carbocycles. The first kappa shape index (κ1) is 10.8. The van der Waals surface area contributed by atoms with Gasteiger partial charge in [-0.25, -0.2) is 0 Å². The lowest BCUT2D eigenvalue weighted by Gasteiger charge is -2.20. The Balaban J connectivity index is 2.09. The van der Waals surface area contributed by atoms with Crippen molar-refractivity contribution >= 4 is 0 Å².